The van der Waals surface area contributed by atoms with Gasteiger partial charge in [-0.25, -0.2) is 4.98 Å². The molecular formula is C22H24BrN3O4. The van der Waals surface area contributed by atoms with Crippen molar-refractivity contribution >= 4 is 27.7 Å². The first-order chi connectivity index (χ1) is 14.6. The molecule has 7 nitrogen and oxygen atoms in total. The van der Waals surface area contributed by atoms with E-state index in [9.17, 15) is 9.59 Å². The zero-order chi connectivity index (χ0) is 20.9. The molecule has 8 heteroatoms. The Kier molecular flexibility index (Phi) is 6.64. The normalized spacial score (nSPS) is 17.6. The van der Waals surface area contributed by atoms with Crippen LogP contribution in [-0.2, 0) is 9.53 Å². The van der Waals surface area contributed by atoms with Crippen LogP contribution in [0.25, 0.3) is 0 Å². The van der Waals surface area contributed by atoms with Crippen molar-refractivity contribution in [1.29, 1.82) is 0 Å². The number of aromatic nitrogens is 1. The van der Waals surface area contributed by atoms with E-state index in [4.69, 9.17) is 9.47 Å². The molecule has 1 aromatic heterocycles. The van der Waals surface area contributed by atoms with E-state index in [2.05, 4.69) is 20.9 Å². The molecule has 30 heavy (non-hydrogen) atoms. The highest BCUT2D eigenvalue weighted by Crippen LogP contribution is 2.24. The van der Waals surface area contributed by atoms with E-state index in [-0.39, 0.29) is 17.7 Å². The van der Waals surface area contributed by atoms with Crippen LogP contribution in [0.2, 0.25) is 0 Å². The standard InChI is InChI=1S/C22H24BrN3O4/c23-18-2-1-3-19(14-18)30-20-5-4-17(15-24-20)22(28)25-8-6-16(7-9-25)21(27)26-10-12-29-13-11-26/h1-5,14-16H,6-13H2. The van der Waals surface area contributed by atoms with E-state index in [1.165, 1.54) is 0 Å². The summed E-state index contributed by atoms with van der Waals surface area (Å²) in [6.07, 6.45) is 2.93. The van der Waals surface area contributed by atoms with E-state index in [0.717, 1.165) is 4.47 Å². The maximum absolute atomic E-state index is 12.8. The molecule has 0 atom stereocenters. The molecule has 2 aliphatic rings. The number of piperidine rings is 1. The van der Waals surface area contributed by atoms with Crippen molar-refractivity contribution in [1.82, 2.24) is 14.8 Å². The van der Waals surface area contributed by atoms with Crippen LogP contribution in [0, 0.1) is 5.92 Å². The van der Waals surface area contributed by atoms with E-state index in [1.807, 2.05) is 29.2 Å². The van der Waals surface area contributed by atoms with Gasteiger partial charge in [0.2, 0.25) is 11.8 Å². The third-order valence-corrected chi connectivity index (χ3v) is 5.95. The summed E-state index contributed by atoms with van der Waals surface area (Å²) in [4.78, 5) is 33.4. The summed E-state index contributed by atoms with van der Waals surface area (Å²) >= 11 is 3.41. The van der Waals surface area contributed by atoms with Crippen molar-refractivity contribution in [3.63, 3.8) is 0 Å². The summed E-state index contributed by atoms with van der Waals surface area (Å²) in [5, 5.41) is 0. The number of halogens is 1. The Hall–Kier alpha value is -2.45. The summed E-state index contributed by atoms with van der Waals surface area (Å²) in [7, 11) is 0. The zero-order valence-electron chi connectivity index (χ0n) is 16.6. The number of amides is 2. The molecule has 2 amide bonds. The van der Waals surface area contributed by atoms with E-state index >= 15 is 0 Å². The van der Waals surface area contributed by atoms with Crippen molar-refractivity contribution in [2.24, 2.45) is 5.92 Å². The maximum atomic E-state index is 12.8. The summed E-state index contributed by atoms with van der Waals surface area (Å²) in [5.74, 6) is 1.23. The molecule has 2 aliphatic heterocycles. The van der Waals surface area contributed by atoms with Crippen LogP contribution in [-0.4, -0.2) is 66.0 Å². The molecule has 2 fully saturated rings. The van der Waals surface area contributed by atoms with Gasteiger partial charge in [-0.2, -0.15) is 0 Å². The van der Waals surface area contributed by atoms with E-state index in [1.54, 1.807) is 23.2 Å². The third kappa shape index (κ3) is 4.99. The summed E-state index contributed by atoms with van der Waals surface area (Å²) in [5.41, 5.74) is 0.523. The number of ether oxygens (including phenoxy) is 2. The molecule has 0 spiro atoms. The van der Waals surface area contributed by atoms with Gasteiger partial charge in [-0.15, -0.1) is 0 Å². The highest BCUT2D eigenvalue weighted by atomic mass is 79.9. The SMILES string of the molecule is O=C(c1ccc(Oc2cccc(Br)c2)nc1)N1CCC(C(=O)N2CCOCC2)CC1. The van der Waals surface area contributed by atoms with Crippen LogP contribution >= 0.6 is 15.9 Å². The smallest absolute Gasteiger partial charge is 0.255 e. The highest BCUT2D eigenvalue weighted by Gasteiger charge is 2.31. The molecule has 0 aliphatic carbocycles. The second-order valence-electron chi connectivity index (χ2n) is 7.45. The van der Waals surface area contributed by atoms with Crippen molar-refractivity contribution in [2.75, 3.05) is 39.4 Å². The fourth-order valence-corrected chi connectivity index (χ4v) is 4.15. The van der Waals surface area contributed by atoms with Gasteiger partial charge in [-0.3, -0.25) is 9.59 Å². The minimum Gasteiger partial charge on any atom is -0.439 e. The van der Waals surface area contributed by atoms with Crippen molar-refractivity contribution in [3.05, 3.63) is 52.6 Å². The average Bonchev–Trinajstić information content (AvgIpc) is 2.79. The lowest BCUT2D eigenvalue weighted by atomic mass is 9.94. The van der Waals surface area contributed by atoms with Gasteiger partial charge in [0, 0.05) is 48.8 Å². The largest absolute Gasteiger partial charge is 0.439 e. The molecule has 2 saturated heterocycles. The Morgan fingerprint density at radius 1 is 1.03 bits per heavy atom. The Morgan fingerprint density at radius 3 is 2.47 bits per heavy atom. The molecule has 0 radical (unpaired) electrons. The lowest BCUT2D eigenvalue weighted by molar-refractivity contribution is -0.141. The molecule has 3 heterocycles. The third-order valence-electron chi connectivity index (χ3n) is 5.46. The Balaban J connectivity index is 1.31. The molecule has 0 bridgehead atoms. The second kappa shape index (κ2) is 9.57. The number of nitrogens with zero attached hydrogens (tertiary/aromatic N) is 3. The first-order valence-corrected chi connectivity index (χ1v) is 10.9. The number of hydrogen-bond donors (Lipinski definition) is 0. The topological polar surface area (TPSA) is 72.0 Å². The molecule has 1 aromatic carbocycles. The van der Waals surface area contributed by atoms with Crippen LogP contribution < -0.4 is 4.74 Å². The zero-order valence-corrected chi connectivity index (χ0v) is 18.2. The molecule has 4 rings (SSSR count). The van der Waals surface area contributed by atoms with Crippen LogP contribution in [0.15, 0.2) is 47.1 Å². The number of benzene rings is 1. The predicted octanol–water partition coefficient (Wildman–Crippen LogP) is 3.35. The maximum Gasteiger partial charge on any atom is 0.255 e. The van der Waals surface area contributed by atoms with Gasteiger partial charge in [0.15, 0.2) is 0 Å². The Bertz CT molecular complexity index is 892. The molecule has 0 saturated carbocycles. The first-order valence-electron chi connectivity index (χ1n) is 10.2. The lowest BCUT2D eigenvalue weighted by Crippen LogP contribution is -2.47. The van der Waals surface area contributed by atoms with Gasteiger partial charge in [-0.05, 0) is 37.1 Å². The number of likely N-dealkylation sites (tertiary alicyclic amines) is 1. The Morgan fingerprint density at radius 2 is 1.80 bits per heavy atom. The quantitative estimate of drug-likeness (QED) is 0.680. The first kappa shape index (κ1) is 20.8. The number of hydrogen-bond acceptors (Lipinski definition) is 5. The van der Waals surface area contributed by atoms with Gasteiger partial charge in [-0.1, -0.05) is 22.0 Å². The summed E-state index contributed by atoms with van der Waals surface area (Å²) < 4.78 is 12.0. The molecule has 0 unspecified atom stereocenters. The second-order valence-corrected chi connectivity index (χ2v) is 8.36. The fraction of sp³-hybridized carbons (Fsp3) is 0.409. The number of rotatable bonds is 4. The van der Waals surface area contributed by atoms with Crippen LogP contribution in [0.3, 0.4) is 0 Å². The van der Waals surface area contributed by atoms with Gasteiger partial charge in [0.25, 0.3) is 5.91 Å². The minimum atomic E-state index is -0.0613. The lowest BCUT2D eigenvalue weighted by Gasteiger charge is -2.35. The van der Waals surface area contributed by atoms with E-state index in [0.29, 0.717) is 69.4 Å². The molecule has 2 aromatic rings. The molecule has 0 N–H and O–H groups in total. The summed E-state index contributed by atoms with van der Waals surface area (Å²) in [6.45, 7) is 3.70. The average molecular weight is 474 g/mol. The van der Waals surface area contributed by atoms with E-state index < -0.39 is 0 Å². The Labute approximate surface area is 184 Å². The fourth-order valence-electron chi connectivity index (χ4n) is 3.77. The highest BCUT2D eigenvalue weighted by molar-refractivity contribution is 9.10. The monoisotopic (exact) mass is 473 g/mol. The predicted molar refractivity (Wildman–Crippen MR) is 114 cm³/mol. The number of morpholine rings is 1. The van der Waals surface area contributed by atoms with Gasteiger partial charge in [0.05, 0.1) is 18.8 Å². The molecular weight excluding hydrogens is 450 g/mol. The molecule has 158 valence electrons. The van der Waals surface area contributed by atoms with Gasteiger partial charge < -0.3 is 19.3 Å². The van der Waals surface area contributed by atoms with Crippen molar-refractivity contribution in [3.8, 4) is 11.6 Å². The van der Waals surface area contributed by atoms with Crippen molar-refractivity contribution < 1.29 is 19.1 Å². The van der Waals surface area contributed by atoms with Crippen LogP contribution in [0.5, 0.6) is 11.6 Å². The number of carbonyl (C=O) groups is 2. The van der Waals surface area contributed by atoms with Gasteiger partial charge >= 0.3 is 0 Å². The minimum absolute atomic E-state index is 0.00810. The van der Waals surface area contributed by atoms with Crippen LogP contribution in [0.1, 0.15) is 23.2 Å². The number of carbonyl (C=O) groups excluding carboxylic acids is 2. The van der Waals surface area contributed by atoms with Crippen molar-refractivity contribution in [2.45, 2.75) is 12.8 Å². The number of pyridine rings is 1. The van der Waals surface area contributed by atoms with Gasteiger partial charge in [0.1, 0.15) is 5.75 Å². The van der Waals surface area contributed by atoms with Crippen LogP contribution in [0.4, 0.5) is 0 Å². The summed E-state index contributed by atoms with van der Waals surface area (Å²) in [6, 6.07) is 10.9.